The first-order valence-electron chi connectivity index (χ1n) is 12.5. The van der Waals surface area contributed by atoms with E-state index in [0.717, 1.165) is 25.7 Å². The molecule has 196 valence electrons. The summed E-state index contributed by atoms with van der Waals surface area (Å²) in [5.41, 5.74) is 0.851. The van der Waals surface area contributed by atoms with Gasteiger partial charge in [0.25, 0.3) is 0 Å². The molecule has 7 heteroatoms. The molecule has 0 radical (unpaired) electrons. The van der Waals surface area contributed by atoms with Crippen molar-refractivity contribution in [2.24, 2.45) is 5.92 Å². The van der Waals surface area contributed by atoms with E-state index in [1.165, 1.54) is 54.6 Å². The van der Waals surface area contributed by atoms with E-state index in [0.29, 0.717) is 24.3 Å². The lowest BCUT2D eigenvalue weighted by Gasteiger charge is -2.30. The van der Waals surface area contributed by atoms with Gasteiger partial charge in [0.1, 0.15) is 6.61 Å². The zero-order chi connectivity index (χ0) is 26.4. The lowest BCUT2D eigenvalue weighted by atomic mass is 9.98. The standard InChI is InChI=1S/C30H30F4O3/c1-3-5-6-7-19-17-36-30(37-18-19)24-13-12-22(26(31)28(24)33)20-8-10-21(11-9-20)23-14-15-25(35-16-4-2)29(34)27(23)32/h4,8-15,19,30H,2-3,5-7,16-18H2,1H3. The van der Waals surface area contributed by atoms with Crippen LogP contribution >= 0.6 is 0 Å². The van der Waals surface area contributed by atoms with Gasteiger partial charge in [-0.2, -0.15) is 4.39 Å². The minimum atomic E-state index is -1.11. The van der Waals surface area contributed by atoms with E-state index < -0.39 is 29.6 Å². The maximum Gasteiger partial charge on any atom is 0.201 e. The molecular formula is C30H30F4O3. The van der Waals surface area contributed by atoms with Gasteiger partial charge in [-0.1, -0.05) is 75.2 Å². The Labute approximate surface area is 214 Å². The summed E-state index contributed by atoms with van der Waals surface area (Å²) in [6.07, 6.45) is 4.82. The molecule has 4 rings (SSSR count). The summed E-state index contributed by atoms with van der Waals surface area (Å²) in [6.45, 7) is 6.54. The van der Waals surface area contributed by atoms with E-state index in [1.54, 1.807) is 0 Å². The zero-order valence-corrected chi connectivity index (χ0v) is 20.7. The fourth-order valence-electron chi connectivity index (χ4n) is 4.39. The molecule has 0 aromatic heterocycles. The highest BCUT2D eigenvalue weighted by Gasteiger charge is 2.28. The van der Waals surface area contributed by atoms with Crippen LogP contribution in [0.1, 0.15) is 44.5 Å². The van der Waals surface area contributed by atoms with Crippen molar-refractivity contribution in [3.8, 4) is 28.0 Å². The van der Waals surface area contributed by atoms with Gasteiger partial charge in [0, 0.05) is 22.6 Å². The molecule has 0 bridgehead atoms. The van der Waals surface area contributed by atoms with Crippen molar-refractivity contribution in [2.75, 3.05) is 19.8 Å². The summed E-state index contributed by atoms with van der Waals surface area (Å²) in [5, 5.41) is 0. The average molecular weight is 515 g/mol. The average Bonchev–Trinajstić information content (AvgIpc) is 2.92. The van der Waals surface area contributed by atoms with Crippen LogP contribution < -0.4 is 4.74 Å². The van der Waals surface area contributed by atoms with E-state index in [-0.39, 0.29) is 35.0 Å². The first-order chi connectivity index (χ1) is 17.9. The molecule has 1 aliphatic rings. The second-order valence-electron chi connectivity index (χ2n) is 9.11. The van der Waals surface area contributed by atoms with Crippen molar-refractivity contribution >= 4 is 0 Å². The molecule has 0 amide bonds. The molecule has 0 spiro atoms. The van der Waals surface area contributed by atoms with E-state index >= 15 is 8.78 Å². The van der Waals surface area contributed by atoms with E-state index in [2.05, 4.69) is 13.5 Å². The third kappa shape index (κ3) is 6.05. The Kier molecular flexibility index (Phi) is 9.00. The van der Waals surface area contributed by atoms with Crippen molar-refractivity contribution in [3.63, 3.8) is 0 Å². The highest BCUT2D eigenvalue weighted by atomic mass is 19.2. The number of hydrogen-bond acceptors (Lipinski definition) is 3. The van der Waals surface area contributed by atoms with Crippen LogP contribution in [0.25, 0.3) is 22.3 Å². The van der Waals surface area contributed by atoms with Gasteiger partial charge in [0.05, 0.1) is 13.2 Å². The lowest BCUT2D eigenvalue weighted by molar-refractivity contribution is -0.207. The molecule has 0 saturated carbocycles. The normalized spacial score (nSPS) is 17.5. The summed E-state index contributed by atoms with van der Waals surface area (Å²) in [4.78, 5) is 0. The number of halogens is 4. The maximum absolute atomic E-state index is 15.1. The molecule has 3 aromatic rings. The van der Waals surface area contributed by atoms with Crippen LogP contribution in [-0.2, 0) is 9.47 Å². The Balaban J connectivity index is 1.49. The summed E-state index contributed by atoms with van der Waals surface area (Å²) in [6, 6.07) is 11.8. The Hall–Kier alpha value is -3.16. The first-order valence-corrected chi connectivity index (χ1v) is 12.5. The fraction of sp³-hybridized carbons (Fsp3) is 0.333. The summed E-state index contributed by atoms with van der Waals surface area (Å²) < 4.78 is 75.5. The van der Waals surface area contributed by atoms with Crippen LogP contribution in [-0.4, -0.2) is 19.8 Å². The third-order valence-electron chi connectivity index (χ3n) is 6.46. The first kappa shape index (κ1) is 26.9. The molecular weight excluding hydrogens is 484 g/mol. The molecule has 1 heterocycles. The van der Waals surface area contributed by atoms with Crippen LogP contribution in [0.5, 0.6) is 5.75 Å². The second kappa shape index (κ2) is 12.4. The molecule has 0 atom stereocenters. The Morgan fingerprint density at radius 2 is 1.41 bits per heavy atom. The topological polar surface area (TPSA) is 27.7 Å². The van der Waals surface area contributed by atoms with Crippen molar-refractivity contribution in [1.82, 2.24) is 0 Å². The van der Waals surface area contributed by atoms with E-state index in [4.69, 9.17) is 14.2 Å². The molecule has 3 aromatic carbocycles. The largest absolute Gasteiger partial charge is 0.486 e. The lowest BCUT2D eigenvalue weighted by Crippen LogP contribution is -2.27. The number of ether oxygens (including phenoxy) is 3. The summed E-state index contributed by atoms with van der Waals surface area (Å²) in [5.74, 6) is -4.18. The van der Waals surface area contributed by atoms with Crippen LogP contribution in [0, 0.1) is 29.2 Å². The molecule has 1 fully saturated rings. The van der Waals surface area contributed by atoms with Gasteiger partial charge in [0.2, 0.25) is 5.82 Å². The fourth-order valence-corrected chi connectivity index (χ4v) is 4.39. The molecule has 37 heavy (non-hydrogen) atoms. The Bertz CT molecular complexity index is 1220. The monoisotopic (exact) mass is 514 g/mol. The van der Waals surface area contributed by atoms with Crippen LogP contribution in [0.4, 0.5) is 17.6 Å². The van der Waals surface area contributed by atoms with Gasteiger partial charge >= 0.3 is 0 Å². The van der Waals surface area contributed by atoms with Gasteiger partial charge in [-0.3, -0.25) is 0 Å². The number of rotatable bonds is 10. The predicted octanol–water partition coefficient (Wildman–Crippen LogP) is 8.38. The minimum absolute atomic E-state index is 0.0150. The van der Waals surface area contributed by atoms with Crippen molar-refractivity contribution in [2.45, 2.75) is 38.9 Å². The van der Waals surface area contributed by atoms with Gasteiger partial charge in [-0.05, 0) is 29.7 Å². The summed E-state index contributed by atoms with van der Waals surface area (Å²) in [7, 11) is 0. The van der Waals surface area contributed by atoms with E-state index in [9.17, 15) is 8.78 Å². The Morgan fingerprint density at radius 3 is 2.00 bits per heavy atom. The van der Waals surface area contributed by atoms with Crippen LogP contribution in [0.3, 0.4) is 0 Å². The van der Waals surface area contributed by atoms with Gasteiger partial charge < -0.3 is 14.2 Å². The van der Waals surface area contributed by atoms with Crippen molar-refractivity contribution < 1.29 is 31.8 Å². The summed E-state index contributed by atoms with van der Waals surface area (Å²) >= 11 is 0. The smallest absolute Gasteiger partial charge is 0.201 e. The molecule has 1 saturated heterocycles. The van der Waals surface area contributed by atoms with E-state index in [1.807, 2.05) is 0 Å². The van der Waals surface area contributed by atoms with Gasteiger partial charge in [0.15, 0.2) is 29.5 Å². The number of hydrogen-bond donors (Lipinski definition) is 0. The molecule has 0 N–H and O–H groups in total. The molecule has 1 aliphatic heterocycles. The zero-order valence-electron chi connectivity index (χ0n) is 20.7. The predicted molar refractivity (Wildman–Crippen MR) is 135 cm³/mol. The molecule has 0 unspecified atom stereocenters. The quantitative estimate of drug-likeness (QED) is 0.155. The number of unbranched alkanes of at least 4 members (excludes halogenated alkanes) is 2. The highest BCUT2D eigenvalue weighted by molar-refractivity contribution is 5.71. The Morgan fingerprint density at radius 1 is 0.811 bits per heavy atom. The maximum atomic E-state index is 15.1. The third-order valence-corrected chi connectivity index (χ3v) is 6.46. The van der Waals surface area contributed by atoms with Crippen molar-refractivity contribution in [1.29, 1.82) is 0 Å². The minimum Gasteiger partial charge on any atom is -0.486 e. The van der Waals surface area contributed by atoms with Crippen LogP contribution in [0.15, 0.2) is 61.2 Å². The van der Waals surface area contributed by atoms with Gasteiger partial charge in [-0.15, -0.1) is 0 Å². The molecule has 3 nitrogen and oxygen atoms in total. The number of benzene rings is 3. The second-order valence-corrected chi connectivity index (χ2v) is 9.11. The van der Waals surface area contributed by atoms with Crippen molar-refractivity contribution in [3.05, 3.63) is 90.0 Å². The van der Waals surface area contributed by atoms with Crippen LogP contribution in [0.2, 0.25) is 0 Å². The molecule has 0 aliphatic carbocycles. The van der Waals surface area contributed by atoms with Gasteiger partial charge in [-0.25, -0.2) is 13.2 Å². The SMILES string of the molecule is C=CCOc1ccc(-c2ccc(-c3ccc(C4OCC(CCCCC)CO4)c(F)c3F)cc2)c(F)c1F. The highest BCUT2D eigenvalue weighted by Crippen LogP contribution is 2.35.